The van der Waals surface area contributed by atoms with Crippen LogP contribution in [0.25, 0.3) is 0 Å². The first-order valence-corrected chi connectivity index (χ1v) is 7.52. The molecule has 0 bridgehead atoms. The van der Waals surface area contributed by atoms with Crippen LogP contribution in [0, 0.1) is 0 Å². The normalized spacial score (nSPS) is 18.8. The van der Waals surface area contributed by atoms with Gasteiger partial charge in [0.25, 0.3) is 0 Å². The number of aliphatic hydroxyl groups is 1. The molecule has 0 amide bonds. The van der Waals surface area contributed by atoms with Crippen molar-refractivity contribution in [3.05, 3.63) is 60.2 Å². The Hall–Kier alpha value is -1.84. The van der Waals surface area contributed by atoms with Crippen molar-refractivity contribution in [2.24, 2.45) is 0 Å². The van der Waals surface area contributed by atoms with Gasteiger partial charge in [0.15, 0.2) is 0 Å². The summed E-state index contributed by atoms with van der Waals surface area (Å²) in [6.45, 7) is 2.19. The molecule has 1 N–H and O–H groups in total. The zero-order valence-electron chi connectivity index (χ0n) is 12.1. The number of aliphatic hydroxyl groups excluding tert-OH is 1. The van der Waals surface area contributed by atoms with Crippen LogP contribution in [0.2, 0.25) is 0 Å². The first-order chi connectivity index (χ1) is 10.3. The standard InChI is InChI=1S/C18H21NO2/c20-14-16-7-5-11-19(16)13-15-6-4-10-18(12-15)21-17-8-2-1-3-9-17/h1-4,6,8-10,12,16,20H,5,7,11,13-14H2/t16-/m0/s1. The van der Waals surface area contributed by atoms with Gasteiger partial charge >= 0.3 is 0 Å². The molecule has 1 saturated heterocycles. The van der Waals surface area contributed by atoms with Crippen molar-refractivity contribution >= 4 is 0 Å². The largest absolute Gasteiger partial charge is 0.457 e. The number of nitrogens with zero attached hydrogens (tertiary/aromatic N) is 1. The molecule has 1 aliphatic rings. The van der Waals surface area contributed by atoms with E-state index in [1.165, 1.54) is 12.0 Å². The fraction of sp³-hybridized carbons (Fsp3) is 0.333. The molecular formula is C18H21NO2. The van der Waals surface area contributed by atoms with Gasteiger partial charge in [0.05, 0.1) is 6.61 Å². The van der Waals surface area contributed by atoms with Crippen LogP contribution >= 0.6 is 0 Å². The first-order valence-electron chi connectivity index (χ1n) is 7.52. The van der Waals surface area contributed by atoms with E-state index in [4.69, 9.17) is 4.74 Å². The number of rotatable bonds is 5. The van der Waals surface area contributed by atoms with E-state index in [-0.39, 0.29) is 6.61 Å². The molecule has 0 aromatic heterocycles. The first kappa shape index (κ1) is 14.1. The van der Waals surface area contributed by atoms with Crippen molar-refractivity contribution in [1.29, 1.82) is 0 Å². The number of para-hydroxylation sites is 1. The van der Waals surface area contributed by atoms with Gasteiger partial charge < -0.3 is 9.84 Å². The van der Waals surface area contributed by atoms with Crippen molar-refractivity contribution in [2.75, 3.05) is 13.2 Å². The van der Waals surface area contributed by atoms with E-state index in [2.05, 4.69) is 17.0 Å². The molecule has 1 fully saturated rings. The molecule has 1 aliphatic heterocycles. The maximum absolute atomic E-state index is 9.40. The lowest BCUT2D eigenvalue weighted by Gasteiger charge is -2.22. The lowest BCUT2D eigenvalue weighted by molar-refractivity contribution is 0.153. The molecule has 3 heteroatoms. The molecule has 2 aromatic rings. The van der Waals surface area contributed by atoms with Crippen LogP contribution in [-0.2, 0) is 6.54 Å². The highest BCUT2D eigenvalue weighted by molar-refractivity contribution is 5.33. The average Bonchev–Trinajstić information content (AvgIpc) is 2.96. The van der Waals surface area contributed by atoms with E-state index in [9.17, 15) is 5.11 Å². The highest BCUT2D eigenvalue weighted by Crippen LogP contribution is 2.24. The lowest BCUT2D eigenvalue weighted by Crippen LogP contribution is -2.31. The average molecular weight is 283 g/mol. The van der Waals surface area contributed by atoms with Crippen LogP contribution in [-0.4, -0.2) is 29.2 Å². The molecular weight excluding hydrogens is 262 g/mol. The van der Waals surface area contributed by atoms with E-state index in [0.717, 1.165) is 31.0 Å². The van der Waals surface area contributed by atoms with Gasteiger partial charge in [-0.25, -0.2) is 0 Å². The van der Waals surface area contributed by atoms with Crippen LogP contribution in [0.1, 0.15) is 18.4 Å². The Bertz CT molecular complexity index is 570. The van der Waals surface area contributed by atoms with Crippen LogP contribution in [0.3, 0.4) is 0 Å². The third-order valence-electron chi connectivity index (χ3n) is 3.97. The Kier molecular flexibility index (Phi) is 4.53. The molecule has 0 radical (unpaired) electrons. The molecule has 1 atom stereocenters. The smallest absolute Gasteiger partial charge is 0.127 e. The maximum Gasteiger partial charge on any atom is 0.127 e. The summed E-state index contributed by atoms with van der Waals surface area (Å²) in [4.78, 5) is 2.35. The number of hydrogen-bond donors (Lipinski definition) is 1. The van der Waals surface area contributed by atoms with Crippen LogP contribution in [0.4, 0.5) is 0 Å². The second-order valence-electron chi connectivity index (χ2n) is 5.51. The summed E-state index contributed by atoms with van der Waals surface area (Å²) in [6.07, 6.45) is 2.27. The number of benzene rings is 2. The summed E-state index contributed by atoms with van der Waals surface area (Å²) in [5, 5.41) is 9.40. The molecule has 3 nitrogen and oxygen atoms in total. The molecule has 110 valence electrons. The fourth-order valence-electron chi connectivity index (χ4n) is 2.88. The van der Waals surface area contributed by atoms with E-state index < -0.39 is 0 Å². The Morgan fingerprint density at radius 2 is 1.86 bits per heavy atom. The van der Waals surface area contributed by atoms with Crippen LogP contribution in [0.15, 0.2) is 54.6 Å². The topological polar surface area (TPSA) is 32.7 Å². The zero-order valence-corrected chi connectivity index (χ0v) is 12.1. The molecule has 2 aromatic carbocycles. The third-order valence-corrected chi connectivity index (χ3v) is 3.97. The third kappa shape index (κ3) is 3.63. The lowest BCUT2D eigenvalue weighted by atomic mass is 10.2. The Morgan fingerprint density at radius 3 is 2.67 bits per heavy atom. The quantitative estimate of drug-likeness (QED) is 0.912. The van der Waals surface area contributed by atoms with Crippen LogP contribution in [0.5, 0.6) is 11.5 Å². The number of ether oxygens (including phenoxy) is 1. The summed E-state index contributed by atoms with van der Waals surface area (Å²) < 4.78 is 5.87. The summed E-state index contributed by atoms with van der Waals surface area (Å²) in [7, 11) is 0. The predicted molar refractivity (Wildman–Crippen MR) is 83.5 cm³/mol. The monoisotopic (exact) mass is 283 g/mol. The van der Waals surface area contributed by atoms with E-state index in [0.29, 0.717) is 6.04 Å². The van der Waals surface area contributed by atoms with Crippen molar-refractivity contribution in [2.45, 2.75) is 25.4 Å². The highest BCUT2D eigenvalue weighted by atomic mass is 16.5. The van der Waals surface area contributed by atoms with E-state index in [1.807, 2.05) is 42.5 Å². The minimum Gasteiger partial charge on any atom is -0.457 e. The predicted octanol–water partition coefficient (Wildman–Crippen LogP) is 3.44. The summed E-state index contributed by atoms with van der Waals surface area (Å²) in [5.74, 6) is 1.71. The van der Waals surface area contributed by atoms with Gasteiger partial charge in [-0.05, 0) is 49.2 Å². The summed E-state index contributed by atoms with van der Waals surface area (Å²) in [6, 6.07) is 18.3. The van der Waals surface area contributed by atoms with Gasteiger partial charge in [-0.15, -0.1) is 0 Å². The second kappa shape index (κ2) is 6.74. The zero-order chi connectivity index (χ0) is 14.5. The minimum atomic E-state index is 0.250. The molecule has 0 spiro atoms. The molecule has 0 aliphatic carbocycles. The van der Waals surface area contributed by atoms with Crippen LogP contribution < -0.4 is 4.74 Å². The summed E-state index contributed by atoms with van der Waals surface area (Å²) >= 11 is 0. The van der Waals surface area contributed by atoms with Crippen molar-refractivity contribution in [3.63, 3.8) is 0 Å². The van der Waals surface area contributed by atoms with Gasteiger partial charge in [-0.1, -0.05) is 30.3 Å². The maximum atomic E-state index is 9.40. The highest BCUT2D eigenvalue weighted by Gasteiger charge is 2.23. The minimum absolute atomic E-state index is 0.250. The van der Waals surface area contributed by atoms with E-state index in [1.54, 1.807) is 0 Å². The molecule has 21 heavy (non-hydrogen) atoms. The van der Waals surface area contributed by atoms with Gasteiger partial charge in [0.2, 0.25) is 0 Å². The van der Waals surface area contributed by atoms with Gasteiger partial charge in [-0.2, -0.15) is 0 Å². The van der Waals surface area contributed by atoms with Crippen molar-refractivity contribution < 1.29 is 9.84 Å². The van der Waals surface area contributed by atoms with Gasteiger partial charge in [0, 0.05) is 12.6 Å². The van der Waals surface area contributed by atoms with Gasteiger partial charge in [0.1, 0.15) is 11.5 Å². The van der Waals surface area contributed by atoms with Gasteiger partial charge in [-0.3, -0.25) is 4.90 Å². The Balaban J connectivity index is 1.68. The Morgan fingerprint density at radius 1 is 1.05 bits per heavy atom. The van der Waals surface area contributed by atoms with Crippen molar-refractivity contribution in [3.8, 4) is 11.5 Å². The fourth-order valence-corrected chi connectivity index (χ4v) is 2.88. The molecule has 0 saturated carbocycles. The SMILES string of the molecule is OC[C@@H]1CCCN1Cc1cccc(Oc2ccccc2)c1. The van der Waals surface area contributed by atoms with Crippen molar-refractivity contribution in [1.82, 2.24) is 4.90 Å². The summed E-state index contributed by atoms with van der Waals surface area (Å²) in [5.41, 5.74) is 1.23. The molecule has 0 unspecified atom stereocenters. The Labute approximate surface area is 125 Å². The van der Waals surface area contributed by atoms with E-state index >= 15 is 0 Å². The number of likely N-dealkylation sites (tertiary alicyclic amines) is 1. The molecule has 1 heterocycles. The second-order valence-corrected chi connectivity index (χ2v) is 5.51. The number of hydrogen-bond acceptors (Lipinski definition) is 3. The molecule has 3 rings (SSSR count).